The van der Waals surface area contributed by atoms with E-state index in [1.54, 1.807) is 83.4 Å². The first-order valence-corrected chi connectivity index (χ1v) is 9.76. The third-order valence-corrected chi connectivity index (χ3v) is 4.61. The Morgan fingerprint density at radius 2 is 1.55 bits per heavy atom. The second-order valence-corrected chi connectivity index (χ2v) is 8.41. The fourth-order valence-corrected chi connectivity index (χ4v) is 2.91. The van der Waals surface area contributed by atoms with Gasteiger partial charge in [-0.05, 0) is 68.9 Å². The zero-order valence-electron chi connectivity index (χ0n) is 17.1. The highest BCUT2D eigenvalue weighted by molar-refractivity contribution is 8.13. The predicted octanol–water partition coefficient (Wildman–Crippen LogP) is 5.06. The van der Waals surface area contributed by atoms with E-state index in [0.29, 0.717) is 21.8 Å². The molecule has 3 amide bonds. The molecule has 0 saturated carbocycles. The van der Waals surface area contributed by atoms with Crippen LogP contribution >= 0.6 is 11.8 Å². The first-order valence-electron chi connectivity index (χ1n) is 8.95. The molecule has 0 atom stereocenters. The Morgan fingerprint density at radius 3 is 2.14 bits per heavy atom. The van der Waals surface area contributed by atoms with Crippen LogP contribution in [0.3, 0.4) is 0 Å². The number of hydrogen-bond acceptors (Lipinski definition) is 5. The molecule has 0 aliphatic carbocycles. The van der Waals surface area contributed by atoms with Gasteiger partial charge < -0.3 is 15.0 Å². The Morgan fingerprint density at radius 1 is 0.931 bits per heavy atom. The molecule has 154 valence electrons. The monoisotopic (exact) mass is 415 g/mol. The zero-order chi connectivity index (χ0) is 21.6. The van der Waals surface area contributed by atoms with E-state index in [0.717, 1.165) is 11.8 Å². The molecule has 0 saturated heterocycles. The summed E-state index contributed by atoms with van der Waals surface area (Å²) in [6.45, 7) is 5.34. The maximum absolute atomic E-state index is 12.6. The summed E-state index contributed by atoms with van der Waals surface area (Å²) in [5.74, 6) is -0.320. The Bertz CT molecular complexity index is 890. The van der Waals surface area contributed by atoms with Crippen LogP contribution in [-0.4, -0.2) is 41.8 Å². The van der Waals surface area contributed by atoms with Crippen LogP contribution < -0.4 is 10.6 Å². The van der Waals surface area contributed by atoms with Crippen molar-refractivity contribution in [3.05, 3.63) is 54.1 Å². The lowest BCUT2D eigenvalue weighted by Gasteiger charge is -2.19. The summed E-state index contributed by atoms with van der Waals surface area (Å²) >= 11 is 1.04. The summed E-state index contributed by atoms with van der Waals surface area (Å²) in [5.41, 5.74) is 0.888. The van der Waals surface area contributed by atoms with Crippen molar-refractivity contribution in [1.82, 2.24) is 4.90 Å². The molecule has 8 heteroatoms. The zero-order valence-corrected chi connectivity index (χ0v) is 17.9. The van der Waals surface area contributed by atoms with E-state index in [-0.39, 0.29) is 11.1 Å². The number of ether oxygens (including phenoxy) is 1. The van der Waals surface area contributed by atoms with Crippen LogP contribution in [0.25, 0.3) is 0 Å². The summed E-state index contributed by atoms with van der Waals surface area (Å²) in [6, 6.07) is 13.5. The van der Waals surface area contributed by atoms with E-state index >= 15 is 0 Å². The molecule has 29 heavy (non-hydrogen) atoms. The molecule has 0 heterocycles. The standard InChI is InChI=1S/C21H25N3O4S/c1-21(2,3)28-19(26)22-15-12-10-14(11-13-15)18(25)23-16-8-6-7-9-17(16)29-20(27)24(4)5/h6-13H,1-5H3,(H,22,26)(H,23,25). The smallest absolute Gasteiger partial charge is 0.412 e. The molecule has 0 aliphatic heterocycles. The summed E-state index contributed by atoms with van der Waals surface area (Å²) in [4.78, 5) is 38.5. The maximum atomic E-state index is 12.6. The average molecular weight is 416 g/mol. The third kappa shape index (κ3) is 7.15. The van der Waals surface area contributed by atoms with Gasteiger partial charge in [-0.2, -0.15) is 0 Å². The molecule has 0 fully saturated rings. The number of amides is 3. The van der Waals surface area contributed by atoms with Crippen LogP contribution in [-0.2, 0) is 4.74 Å². The van der Waals surface area contributed by atoms with Gasteiger partial charge in [0.25, 0.3) is 11.1 Å². The molecule has 0 aromatic heterocycles. The van der Waals surface area contributed by atoms with Crippen molar-refractivity contribution in [3.63, 3.8) is 0 Å². The van der Waals surface area contributed by atoms with Crippen LogP contribution in [0.1, 0.15) is 31.1 Å². The molecule has 2 aromatic rings. The summed E-state index contributed by atoms with van der Waals surface area (Å²) < 4.78 is 5.20. The molecule has 2 aromatic carbocycles. The van der Waals surface area contributed by atoms with Gasteiger partial charge in [-0.15, -0.1) is 0 Å². The molecular formula is C21H25N3O4S. The number of benzene rings is 2. The van der Waals surface area contributed by atoms with Crippen molar-refractivity contribution in [2.24, 2.45) is 0 Å². The molecule has 2 rings (SSSR count). The number of nitrogens with one attached hydrogen (secondary N) is 2. The molecule has 0 bridgehead atoms. The minimum absolute atomic E-state index is 0.135. The van der Waals surface area contributed by atoms with E-state index in [2.05, 4.69) is 10.6 Å². The lowest BCUT2D eigenvalue weighted by atomic mass is 10.2. The topological polar surface area (TPSA) is 87.7 Å². The maximum Gasteiger partial charge on any atom is 0.412 e. The molecule has 7 nitrogen and oxygen atoms in total. The van der Waals surface area contributed by atoms with Crippen LogP contribution in [0.15, 0.2) is 53.4 Å². The second-order valence-electron chi connectivity index (χ2n) is 7.42. The molecule has 0 spiro atoms. The van der Waals surface area contributed by atoms with Crippen LogP contribution in [0.5, 0.6) is 0 Å². The molecule has 0 unspecified atom stereocenters. The van der Waals surface area contributed by atoms with Crippen LogP contribution in [0, 0.1) is 0 Å². The highest BCUT2D eigenvalue weighted by Crippen LogP contribution is 2.29. The van der Waals surface area contributed by atoms with Gasteiger partial charge in [-0.25, -0.2) is 4.79 Å². The minimum Gasteiger partial charge on any atom is -0.444 e. The average Bonchev–Trinajstić information content (AvgIpc) is 2.62. The van der Waals surface area contributed by atoms with Gasteiger partial charge in [0.1, 0.15) is 5.60 Å². The van der Waals surface area contributed by atoms with Crippen LogP contribution in [0.4, 0.5) is 21.0 Å². The highest BCUT2D eigenvalue weighted by atomic mass is 32.2. The largest absolute Gasteiger partial charge is 0.444 e. The third-order valence-electron chi connectivity index (χ3n) is 3.49. The number of rotatable bonds is 4. The molecular weight excluding hydrogens is 390 g/mol. The van der Waals surface area contributed by atoms with Gasteiger partial charge >= 0.3 is 6.09 Å². The summed E-state index contributed by atoms with van der Waals surface area (Å²) in [5, 5.41) is 5.30. The van der Waals surface area contributed by atoms with Crippen molar-refractivity contribution in [2.45, 2.75) is 31.3 Å². The minimum atomic E-state index is -0.594. The summed E-state index contributed by atoms with van der Waals surface area (Å²) in [6.07, 6.45) is -0.564. The van der Waals surface area contributed by atoms with Gasteiger partial charge in [-0.1, -0.05) is 12.1 Å². The Balaban J connectivity index is 2.05. The number of nitrogens with zero attached hydrogens (tertiary/aromatic N) is 1. The number of carbonyl (C=O) groups is 3. The molecule has 0 radical (unpaired) electrons. The fraction of sp³-hybridized carbons (Fsp3) is 0.286. The van der Waals surface area contributed by atoms with Crippen molar-refractivity contribution in [2.75, 3.05) is 24.7 Å². The van der Waals surface area contributed by atoms with Crippen molar-refractivity contribution < 1.29 is 19.1 Å². The lowest BCUT2D eigenvalue weighted by Crippen LogP contribution is -2.27. The Hall–Kier alpha value is -3.00. The molecule has 0 aliphatic rings. The first kappa shape index (κ1) is 22.3. The Kier molecular flexibility index (Phi) is 7.28. The normalized spacial score (nSPS) is 10.8. The number of hydrogen-bond donors (Lipinski definition) is 2. The Labute approximate surface area is 174 Å². The number of para-hydroxylation sites is 1. The molecule has 2 N–H and O–H groups in total. The second kappa shape index (κ2) is 9.47. The summed E-state index contributed by atoms with van der Waals surface area (Å²) in [7, 11) is 3.34. The SMILES string of the molecule is CN(C)C(=O)Sc1ccccc1NC(=O)c1ccc(NC(=O)OC(C)(C)C)cc1. The van der Waals surface area contributed by atoms with Gasteiger partial charge in [0, 0.05) is 30.2 Å². The van der Waals surface area contributed by atoms with Gasteiger partial charge in [0.05, 0.1) is 5.69 Å². The van der Waals surface area contributed by atoms with Gasteiger partial charge in [-0.3, -0.25) is 14.9 Å². The quantitative estimate of drug-likeness (QED) is 0.682. The first-order chi connectivity index (χ1) is 13.5. The number of anilines is 2. The van der Waals surface area contributed by atoms with Crippen LogP contribution in [0.2, 0.25) is 0 Å². The highest BCUT2D eigenvalue weighted by Gasteiger charge is 2.17. The number of thioether (sulfide) groups is 1. The predicted molar refractivity (Wildman–Crippen MR) is 116 cm³/mol. The fourth-order valence-electron chi connectivity index (χ4n) is 2.17. The van der Waals surface area contributed by atoms with E-state index in [1.165, 1.54) is 4.90 Å². The van der Waals surface area contributed by atoms with Crippen molar-refractivity contribution in [3.8, 4) is 0 Å². The van der Waals surface area contributed by atoms with E-state index < -0.39 is 11.7 Å². The van der Waals surface area contributed by atoms with E-state index in [1.807, 2.05) is 0 Å². The van der Waals surface area contributed by atoms with Gasteiger partial charge in [0.15, 0.2) is 0 Å². The number of carbonyl (C=O) groups excluding carboxylic acids is 3. The van der Waals surface area contributed by atoms with Crippen molar-refractivity contribution in [1.29, 1.82) is 0 Å². The van der Waals surface area contributed by atoms with E-state index in [9.17, 15) is 14.4 Å². The van der Waals surface area contributed by atoms with Crippen molar-refractivity contribution >= 4 is 40.4 Å². The lowest BCUT2D eigenvalue weighted by molar-refractivity contribution is 0.0635. The van der Waals surface area contributed by atoms with E-state index in [4.69, 9.17) is 4.74 Å². The van der Waals surface area contributed by atoms with Gasteiger partial charge in [0.2, 0.25) is 0 Å².